The van der Waals surface area contributed by atoms with Crippen molar-refractivity contribution in [3.8, 4) is 5.75 Å². The Balaban J connectivity index is 1.57. The number of rotatable bonds is 5. The first-order valence-electron chi connectivity index (χ1n) is 8.63. The van der Waals surface area contributed by atoms with Crippen molar-refractivity contribution in [1.29, 1.82) is 0 Å². The van der Waals surface area contributed by atoms with Gasteiger partial charge in [-0.15, -0.1) is 0 Å². The molecule has 1 heterocycles. The number of benzene rings is 2. The number of amides is 1. The summed E-state index contributed by atoms with van der Waals surface area (Å²) in [6.07, 6.45) is 3.86. The predicted molar refractivity (Wildman–Crippen MR) is 102 cm³/mol. The zero-order chi connectivity index (χ0) is 17.6. The minimum atomic E-state index is -0.148. The van der Waals surface area contributed by atoms with Gasteiger partial charge in [-0.1, -0.05) is 23.7 Å². The van der Waals surface area contributed by atoms with Crippen LogP contribution >= 0.6 is 11.6 Å². The second-order valence-electron chi connectivity index (χ2n) is 6.25. The van der Waals surface area contributed by atoms with Crippen molar-refractivity contribution in [3.05, 3.63) is 58.6 Å². The first kappa shape index (κ1) is 17.6. The van der Waals surface area contributed by atoms with E-state index < -0.39 is 0 Å². The molecule has 1 saturated heterocycles. The molecule has 132 valence electrons. The van der Waals surface area contributed by atoms with Crippen molar-refractivity contribution in [2.24, 2.45) is 0 Å². The molecule has 1 amide bonds. The standard InChI is InChI=1S/C20H23ClN2O2/c1-25-19-10-7-16(13-18(19)21)20(24)22-14-15-5-8-17(9-6-15)23-11-3-2-4-12-23/h5-10,13H,2-4,11-12,14H2,1H3,(H,22,24). The molecule has 0 radical (unpaired) electrons. The summed E-state index contributed by atoms with van der Waals surface area (Å²) in [6.45, 7) is 2.76. The molecule has 4 nitrogen and oxygen atoms in total. The second kappa shape index (κ2) is 8.26. The maximum absolute atomic E-state index is 12.3. The number of ether oxygens (including phenoxy) is 1. The zero-order valence-corrected chi connectivity index (χ0v) is 15.2. The van der Waals surface area contributed by atoms with Crippen molar-refractivity contribution >= 4 is 23.2 Å². The van der Waals surface area contributed by atoms with Gasteiger partial charge in [0.1, 0.15) is 5.75 Å². The Bertz CT molecular complexity index is 725. The van der Waals surface area contributed by atoms with Gasteiger partial charge in [-0.2, -0.15) is 0 Å². The van der Waals surface area contributed by atoms with Gasteiger partial charge in [-0.3, -0.25) is 4.79 Å². The number of carbonyl (C=O) groups excluding carboxylic acids is 1. The Hall–Kier alpha value is -2.20. The molecular weight excluding hydrogens is 336 g/mol. The van der Waals surface area contributed by atoms with E-state index in [1.165, 1.54) is 24.9 Å². The first-order chi connectivity index (χ1) is 12.2. The molecule has 2 aromatic carbocycles. The van der Waals surface area contributed by atoms with Gasteiger partial charge in [-0.05, 0) is 55.2 Å². The SMILES string of the molecule is COc1ccc(C(=O)NCc2ccc(N3CCCCC3)cc2)cc1Cl. The molecule has 5 heteroatoms. The van der Waals surface area contributed by atoms with Gasteiger partial charge < -0.3 is 15.0 Å². The number of hydrogen-bond donors (Lipinski definition) is 1. The number of hydrogen-bond acceptors (Lipinski definition) is 3. The summed E-state index contributed by atoms with van der Waals surface area (Å²) in [4.78, 5) is 14.7. The third-order valence-corrected chi connectivity index (χ3v) is 4.82. The van der Waals surface area contributed by atoms with E-state index in [0.29, 0.717) is 22.9 Å². The van der Waals surface area contributed by atoms with E-state index in [9.17, 15) is 4.79 Å². The van der Waals surface area contributed by atoms with E-state index in [4.69, 9.17) is 16.3 Å². The molecule has 1 aliphatic heterocycles. The van der Waals surface area contributed by atoms with Crippen LogP contribution in [-0.4, -0.2) is 26.1 Å². The average molecular weight is 359 g/mol. The van der Waals surface area contributed by atoms with Gasteiger partial charge in [-0.25, -0.2) is 0 Å². The Kier molecular flexibility index (Phi) is 5.82. The normalized spacial score (nSPS) is 14.2. The third kappa shape index (κ3) is 4.45. The monoisotopic (exact) mass is 358 g/mol. The van der Waals surface area contributed by atoms with Crippen LogP contribution < -0.4 is 15.0 Å². The molecule has 1 fully saturated rings. The van der Waals surface area contributed by atoms with Crippen LogP contribution in [0, 0.1) is 0 Å². The maximum Gasteiger partial charge on any atom is 0.251 e. The van der Waals surface area contributed by atoms with Crippen molar-refractivity contribution in [1.82, 2.24) is 5.32 Å². The fourth-order valence-corrected chi connectivity index (χ4v) is 3.33. The van der Waals surface area contributed by atoms with E-state index in [1.54, 1.807) is 25.3 Å². The van der Waals surface area contributed by atoms with E-state index >= 15 is 0 Å². The second-order valence-corrected chi connectivity index (χ2v) is 6.65. The van der Waals surface area contributed by atoms with Gasteiger partial charge >= 0.3 is 0 Å². The molecule has 3 rings (SSSR count). The zero-order valence-electron chi connectivity index (χ0n) is 14.4. The van der Waals surface area contributed by atoms with Crippen molar-refractivity contribution in [2.75, 3.05) is 25.1 Å². The number of carbonyl (C=O) groups is 1. The molecule has 0 spiro atoms. The van der Waals surface area contributed by atoms with Crippen LogP contribution in [-0.2, 0) is 6.54 Å². The minimum absolute atomic E-state index is 0.148. The molecule has 0 atom stereocenters. The van der Waals surface area contributed by atoms with Gasteiger partial charge in [0.2, 0.25) is 0 Å². The lowest BCUT2D eigenvalue weighted by atomic mass is 10.1. The minimum Gasteiger partial charge on any atom is -0.495 e. The maximum atomic E-state index is 12.3. The van der Waals surface area contributed by atoms with E-state index in [1.807, 2.05) is 0 Å². The quantitative estimate of drug-likeness (QED) is 0.867. The summed E-state index contributed by atoms with van der Waals surface area (Å²) >= 11 is 6.07. The van der Waals surface area contributed by atoms with Crippen LogP contribution in [0.5, 0.6) is 5.75 Å². The predicted octanol–water partition coefficient (Wildman–Crippen LogP) is 4.27. The van der Waals surface area contributed by atoms with Crippen LogP contribution in [0.4, 0.5) is 5.69 Å². The molecule has 0 unspecified atom stereocenters. The fourth-order valence-electron chi connectivity index (χ4n) is 3.07. The Labute approximate surface area is 153 Å². The summed E-state index contributed by atoms with van der Waals surface area (Å²) in [7, 11) is 1.55. The van der Waals surface area contributed by atoms with Gasteiger partial charge in [0, 0.05) is 30.9 Å². The van der Waals surface area contributed by atoms with Crippen molar-refractivity contribution < 1.29 is 9.53 Å². The molecule has 0 aromatic heterocycles. The largest absolute Gasteiger partial charge is 0.495 e. The number of nitrogens with one attached hydrogen (secondary N) is 1. The lowest BCUT2D eigenvalue weighted by molar-refractivity contribution is 0.0951. The number of piperidine rings is 1. The topological polar surface area (TPSA) is 41.6 Å². The highest BCUT2D eigenvalue weighted by Crippen LogP contribution is 2.25. The van der Waals surface area contributed by atoms with Crippen LogP contribution in [0.2, 0.25) is 5.02 Å². The average Bonchev–Trinajstić information content (AvgIpc) is 2.67. The van der Waals surface area contributed by atoms with Crippen molar-refractivity contribution in [2.45, 2.75) is 25.8 Å². The Morgan fingerprint density at radius 2 is 1.84 bits per heavy atom. The molecule has 1 N–H and O–H groups in total. The summed E-state index contributed by atoms with van der Waals surface area (Å²) < 4.78 is 5.10. The molecule has 2 aromatic rings. The van der Waals surface area contributed by atoms with Crippen LogP contribution in [0.3, 0.4) is 0 Å². The first-order valence-corrected chi connectivity index (χ1v) is 9.01. The summed E-state index contributed by atoms with van der Waals surface area (Å²) in [5.74, 6) is 0.413. The number of halogens is 1. The molecular formula is C20H23ClN2O2. The molecule has 0 aliphatic carbocycles. The van der Waals surface area contributed by atoms with Gasteiger partial charge in [0.15, 0.2) is 0 Å². The van der Waals surface area contributed by atoms with Crippen molar-refractivity contribution in [3.63, 3.8) is 0 Å². The summed E-state index contributed by atoms with van der Waals surface area (Å²) in [6, 6.07) is 13.4. The molecule has 0 bridgehead atoms. The number of anilines is 1. The lowest BCUT2D eigenvalue weighted by Crippen LogP contribution is -2.29. The van der Waals surface area contributed by atoms with Crippen LogP contribution in [0.25, 0.3) is 0 Å². The smallest absolute Gasteiger partial charge is 0.251 e. The highest BCUT2D eigenvalue weighted by molar-refractivity contribution is 6.32. The van der Waals surface area contributed by atoms with E-state index in [0.717, 1.165) is 18.7 Å². The van der Waals surface area contributed by atoms with Gasteiger partial charge in [0.25, 0.3) is 5.91 Å². The molecule has 25 heavy (non-hydrogen) atoms. The Morgan fingerprint density at radius 3 is 2.48 bits per heavy atom. The third-order valence-electron chi connectivity index (χ3n) is 4.52. The summed E-state index contributed by atoms with van der Waals surface area (Å²) in [5.41, 5.74) is 2.86. The van der Waals surface area contributed by atoms with Gasteiger partial charge in [0.05, 0.1) is 12.1 Å². The van der Waals surface area contributed by atoms with Crippen LogP contribution in [0.15, 0.2) is 42.5 Å². The highest BCUT2D eigenvalue weighted by Gasteiger charge is 2.11. The highest BCUT2D eigenvalue weighted by atomic mass is 35.5. The molecule has 1 aliphatic rings. The van der Waals surface area contributed by atoms with E-state index in [2.05, 4.69) is 34.5 Å². The summed E-state index contributed by atoms with van der Waals surface area (Å²) in [5, 5.41) is 3.36. The Morgan fingerprint density at radius 1 is 1.12 bits per heavy atom. The molecule has 0 saturated carbocycles. The van der Waals surface area contributed by atoms with E-state index in [-0.39, 0.29) is 5.91 Å². The number of nitrogens with zero attached hydrogens (tertiary/aromatic N) is 1. The lowest BCUT2D eigenvalue weighted by Gasteiger charge is -2.28. The van der Waals surface area contributed by atoms with Crippen LogP contribution in [0.1, 0.15) is 35.2 Å². The fraction of sp³-hybridized carbons (Fsp3) is 0.350. The number of methoxy groups -OCH3 is 1.